The lowest BCUT2D eigenvalue weighted by atomic mass is 10.2. The normalized spacial score (nSPS) is 10.7. The van der Waals surface area contributed by atoms with Gasteiger partial charge in [0.05, 0.1) is 11.3 Å². The Balaban J connectivity index is 1.61. The van der Waals surface area contributed by atoms with Crippen LogP contribution in [0, 0.1) is 0 Å². The maximum absolute atomic E-state index is 12.5. The van der Waals surface area contributed by atoms with Gasteiger partial charge < -0.3 is 9.84 Å². The van der Waals surface area contributed by atoms with Gasteiger partial charge in [0, 0.05) is 10.0 Å². The molecule has 128 valence electrons. The Labute approximate surface area is 161 Å². The van der Waals surface area contributed by atoms with Gasteiger partial charge in [-0.25, -0.2) is 0 Å². The lowest BCUT2D eigenvalue weighted by Crippen LogP contribution is -2.12. The minimum Gasteiger partial charge on any atom is -0.333 e. The molecular weight excluding hydrogens is 414 g/mol. The van der Waals surface area contributed by atoms with Crippen LogP contribution in [0.2, 0.25) is 0 Å². The Hall–Kier alpha value is -2.77. The molecule has 0 saturated heterocycles. The van der Waals surface area contributed by atoms with E-state index in [1.807, 2.05) is 60.0 Å². The van der Waals surface area contributed by atoms with Gasteiger partial charge in [0.2, 0.25) is 5.82 Å². The Morgan fingerprint density at radius 1 is 1.04 bits per heavy atom. The average Bonchev–Trinajstić information content (AvgIpc) is 3.32. The predicted molar refractivity (Wildman–Crippen MR) is 105 cm³/mol. The van der Waals surface area contributed by atoms with Crippen molar-refractivity contribution >= 4 is 38.9 Å². The lowest BCUT2D eigenvalue weighted by Gasteiger charge is -2.06. The number of carbonyl (C=O) groups excluding carboxylic acids is 1. The summed E-state index contributed by atoms with van der Waals surface area (Å²) < 4.78 is 6.14. The molecule has 0 aliphatic heterocycles. The van der Waals surface area contributed by atoms with E-state index in [1.165, 1.54) is 11.3 Å². The Morgan fingerprint density at radius 3 is 2.62 bits per heavy atom. The van der Waals surface area contributed by atoms with Crippen LogP contribution in [0.15, 0.2) is 75.0 Å². The van der Waals surface area contributed by atoms with E-state index in [-0.39, 0.29) is 5.91 Å². The molecule has 0 bridgehead atoms. The standard InChI is InChI=1S/C19H12BrN3O2S/c20-14-9-5-4-8-13(14)18(24)21-15-10-11-26-16(15)19-22-17(23-25-19)12-6-2-1-3-7-12/h1-11H,(H,21,24). The Bertz CT molecular complexity index is 1060. The highest BCUT2D eigenvalue weighted by molar-refractivity contribution is 9.10. The van der Waals surface area contributed by atoms with Gasteiger partial charge >= 0.3 is 0 Å². The molecule has 0 saturated carbocycles. The number of amides is 1. The molecule has 0 spiro atoms. The van der Waals surface area contributed by atoms with Gasteiger partial charge in [-0.3, -0.25) is 4.79 Å². The van der Waals surface area contributed by atoms with Crippen LogP contribution >= 0.6 is 27.3 Å². The summed E-state index contributed by atoms with van der Waals surface area (Å²) in [5.74, 6) is 0.679. The van der Waals surface area contributed by atoms with Gasteiger partial charge in [-0.2, -0.15) is 4.98 Å². The van der Waals surface area contributed by atoms with Crippen LogP contribution in [-0.4, -0.2) is 16.0 Å². The first-order chi connectivity index (χ1) is 12.7. The maximum Gasteiger partial charge on any atom is 0.270 e. The number of aromatic nitrogens is 2. The summed E-state index contributed by atoms with van der Waals surface area (Å²) in [4.78, 5) is 17.7. The second kappa shape index (κ2) is 7.23. The first kappa shape index (κ1) is 16.7. The van der Waals surface area contributed by atoms with E-state index >= 15 is 0 Å². The molecule has 4 aromatic rings. The highest BCUT2D eigenvalue weighted by Gasteiger charge is 2.18. The summed E-state index contributed by atoms with van der Waals surface area (Å²) in [7, 11) is 0. The van der Waals surface area contributed by atoms with Crippen molar-refractivity contribution in [3.8, 4) is 22.2 Å². The second-order valence-corrected chi connectivity index (χ2v) is 7.16. The lowest BCUT2D eigenvalue weighted by molar-refractivity contribution is 0.102. The van der Waals surface area contributed by atoms with Crippen molar-refractivity contribution in [2.45, 2.75) is 0 Å². The van der Waals surface area contributed by atoms with Crippen molar-refractivity contribution in [1.29, 1.82) is 0 Å². The fourth-order valence-electron chi connectivity index (χ4n) is 2.43. The van der Waals surface area contributed by atoms with Crippen LogP contribution in [0.25, 0.3) is 22.2 Å². The number of nitrogens with zero attached hydrogens (tertiary/aromatic N) is 2. The summed E-state index contributed by atoms with van der Waals surface area (Å²) in [6.45, 7) is 0. The highest BCUT2D eigenvalue weighted by atomic mass is 79.9. The zero-order valence-corrected chi connectivity index (χ0v) is 15.8. The van der Waals surface area contributed by atoms with Crippen molar-refractivity contribution in [1.82, 2.24) is 10.1 Å². The molecule has 5 nitrogen and oxygen atoms in total. The number of hydrogen-bond donors (Lipinski definition) is 1. The van der Waals surface area contributed by atoms with Gasteiger partial charge in [-0.15, -0.1) is 11.3 Å². The van der Waals surface area contributed by atoms with Crippen molar-refractivity contribution in [2.24, 2.45) is 0 Å². The zero-order chi connectivity index (χ0) is 17.9. The molecule has 0 radical (unpaired) electrons. The minimum absolute atomic E-state index is 0.208. The smallest absolute Gasteiger partial charge is 0.270 e. The van der Waals surface area contributed by atoms with E-state index in [1.54, 1.807) is 6.07 Å². The molecular formula is C19H12BrN3O2S. The van der Waals surface area contributed by atoms with Gasteiger partial charge in [-0.05, 0) is 39.5 Å². The number of nitrogens with one attached hydrogen (secondary N) is 1. The fraction of sp³-hybridized carbons (Fsp3) is 0. The van der Waals surface area contributed by atoms with Crippen LogP contribution in [0.3, 0.4) is 0 Å². The van der Waals surface area contributed by atoms with Gasteiger partial charge in [0.1, 0.15) is 4.88 Å². The molecule has 1 amide bonds. The molecule has 2 aromatic carbocycles. The maximum atomic E-state index is 12.5. The van der Waals surface area contributed by atoms with Gasteiger partial charge in [-0.1, -0.05) is 47.6 Å². The Morgan fingerprint density at radius 2 is 1.81 bits per heavy atom. The van der Waals surface area contributed by atoms with E-state index in [4.69, 9.17) is 4.52 Å². The van der Waals surface area contributed by atoms with Crippen LogP contribution in [0.4, 0.5) is 5.69 Å². The third-order valence-electron chi connectivity index (χ3n) is 3.68. The topological polar surface area (TPSA) is 68.0 Å². The van der Waals surface area contributed by atoms with Crippen LogP contribution in [-0.2, 0) is 0 Å². The first-order valence-electron chi connectivity index (χ1n) is 7.75. The molecule has 0 atom stereocenters. The number of carbonyl (C=O) groups is 1. The third-order valence-corrected chi connectivity index (χ3v) is 5.28. The summed E-state index contributed by atoms with van der Waals surface area (Å²) in [5.41, 5.74) is 2.07. The highest BCUT2D eigenvalue weighted by Crippen LogP contribution is 2.34. The van der Waals surface area contributed by atoms with E-state index < -0.39 is 0 Å². The molecule has 2 aromatic heterocycles. The van der Waals surface area contributed by atoms with Crippen molar-refractivity contribution in [3.05, 3.63) is 76.1 Å². The minimum atomic E-state index is -0.208. The number of anilines is 1. The number of benzene rings is 2. The molecule has 0 aliphatic rings. The monoisotopic (exact) mass is 425 g/mol. The second-order valence-electron chi connectivity index (χ2n) is 5.39. The molecule has 4 rings (SSSR count). The zero-order valence-electron chi connectivity index (χ0n) is 13.3. The SMILES string of the molecule is O=C(Nc1ccsc1-c1nc(-c2ccccc2)no1)c1ccccc1Br. The quantitative estimate of drug-likeness (QED) is 0.469. The van der Waals surface area contributed by atoms with E-state index in [0.29, 0.717) is 23.0 Å². The summed E-state index contributed by atoms with van der Waals surface area (Å²) in [5, 5.41) is 8.82. The molecule has 26 heavy (non-hydrogen) atoms. The van der Waals surface area contributed by atoms with Crippen LogP contribution in [0.5, 0.6) is 0 Å². The van der Waals surface area contributed by atoms with Crippen LogP contribution in [0.1, 0.15) is 10.4 Å². The van der Waals surface area contributed by atoms with E-state index in [0.717, 1.165) is 14.9 Å². The van der Waals surface area contributed by atoms with E-state index in [2.05, 4.69) is 31.4 Å². The first-order valence-corrected chi connectivity index (χ1v) is 9.42. The molecule has 0 fully saturated rings. The molecule has 1 N–H and O–H groups in total. The Kier molecular flexibility index (Phi) is 4.64. The number of rotatable bonds is 4. The molecule has 0 aliphatic carbocycles. The fourth-order valence-corrected chi connectivity index (χ4v) is 3.66. The van der Waals surface area contributed by atoms with E-state index in [9.17, 15) is 4.79 Å². The summed E-state index contributed by atoms with van der Waals surface area (Å²) in [6, 6.07) is 18.7. The number of halogens is 1. The largest absolute Gasteiger partial charge is 0.333 e. The van der Waals surface area contributed by atoms with Crippen molar-refractivity contribution in [3.63, 3.8) is 0 Å². The third kappa shape index (κ3) is 3.31. The predicted octanol–water partition coefficient (Wildman–Crippen LogP) is 5.48. The molecule has 7 heteroatoms. The van der Waals surface area contributed by atoms with Gasteiger partial charge in [0.25, 0.3) is 11.8 Å². The molecule has 2 heterocycles. The molecule has 0 unspecified atom stereocenters. The average molecular weight is 426 g/mol. The van der Waals surface area contributed by atoms with Crippen molar-refractivity contribution in [2.75, 3.05) is 5.32 Å². The summed E-state index contributed by atoms with van der Waals surface area (Å²) >= 11 is 4.82. The number of thiophene rings is 1. The number of hydrogen-bond acceptors (Lipinski definition) is 5. The van der Waals surface area contributed by atoms with Crippen LogP contribution < -0.4 is 5.32 Å². The van der Waals surface area contributed by atoms with Crippen molar-refractivity contribution < 1.29 is 9.32 Å². The van der Waals surface area contributed by atoms with Gasteiger partial charge in [0.15, 0.2) is 0 Å². The summed E-state index contributed by atoms with van der Waals surface area (Å²) in [6.07, 6.45) is 0.